The molecule has 0 radical (unpaired) electrons. The number of benzene rings is 2. The molecule has 1 aliphatic heterocycles. The number of para-hydroxylation sites is 1. The number of aromatic nitrogens is 3. The van der Waals surface area contributed by atoms with Crippen molar-refractivity contribution in [3.63, 3.8) is 0 Å². The summed E-state index contributed by atoms with van der Waals surface area (Å²) in [6, 6.07) is 12.7. The number of nitriles is 1. The Balaban J connectivity index is 1.55. The van der Waals surface area contributed by atoms with Gasteiger partial charge >= 0.3 is 0 Å². The second-order valence-corrected chi connectivity index (χ2v) is 11.1. The van der Waals surface area contributed by atoms with Gasteiger partial charge in [-0.15, -0.1) is 0 Å². The van der Waals surface area contributed by atoms with E-state index in [1.54, 1.807) is 0 Å². The van der Waals surface area contributed by atoms with E-state index in [0.717, 1.165) is 66.2 Å². The van der Waals surface area contributed by atoms with Crippen molar-refractivity contribution >= 4 is 39.8 Å². The van der Waals surface area contributed by atoms with Crippen molar-refractivity contribution in [3.05, 3.63) is 72.1 Å². The van der Waals surface area contributed by atoms with Gasteiger partial charge in [0.1, 0.15) is 0 Å². The fourth-order valence-corrected chi connectivity index (χ4v) is 5.54. The largest absolute Gasteiger partial charge is 0.372 e. The third-order valence-electron chi connectivity index (χ3n) is 7.78. The molecule has 0 saturated heterocycles. The van der Waals surface area contributed by atoms with E-state index in [4.69, 9.17) is 4.98 Å². The maximum Gasteiger partial charge on any atom is 0.247 e. The molecule has 0 saturated carbocycles. The molecule has 42 heavy (non-hydrogen) atoms. The molecule has 0 unspecified atom stereocenters. The fraction of sp³-hybridized carbons (Fsp3) is 0.333. The quantitative estimate of drug-likeness (QED) is 0.227. The average molecular weight is 563 g/mol. The molecule has 0 aliphatic carbocycles. The Hall–Kier alpha value is -4.68. The molecule has 0 spiro atoms. The van der Waals surface area contributed by atoms with E-state index >= 15 is 0 Å². The Bertz CT molecular complexity index is 1680. The third kappa shape index (κ3) is 5.99. The fourth-order valence-electron chi connectivity index (χ4n) is 5.54. The van der Waals surface area contributed by atoms with E-state index in [2.05, 4.69) is 73.1 Å². The lowest BCUT2D eigenvalue weighted by Crippen LogP contribution is -2.29. The highest BCUT2D eigenvalue weighted by atomic mass is 16.1. The van der Waals surface area contributed by atoms with E-state index in [-0.39, 0.29) is 5.91 Å². The molecule has 2 aromatic carbocycles. The molecule has 2 aromatic heterocycles. The van der Waals surface area contributed by atoms with Gasteiger partial charge < -0.3 is 25.0 Å². The number of amides is 1. The lowest BCUT2D eigenvalue weighted by molar-refractivity contribution is -0.111. The van der Waals surface area contributed by atoms with E-state index in [1.165, 1.54) is 22.5 Å². The second kappa shape index (κ2) is 12.5. The van der Waals surface area contributed by atoms with Crippen LogP contribution in [-0.4, -0.2) is 59.6 Å². The number of carbonyl (C=O) groups is 1. The summed E-state index contributed by atoms with van der Waals surface area (Å²) in [7, 11) is 6.09. The first-order valence-electron chi connectivity index (χ1n) is 14.3. The van der Waals surface area contributed by atoms with Crippen molar-refractivity contribution in [2.45, 2.75) is 39.2 Å². The molecular weight excluding hydrogens is 524 g/mol. The van der Waals surface area contributed by atoms with E-state index in [9.17, 15) is 10.1 Å². The van der Waals surface area contributed by atoms with Crippen LogP contribution in [0.1, 0.15) is 29.5 Å². The zero-order chi connectivity index (χ0) is 29.8. The van der Waals surface area contributed by atoms with E-state index < -0.39 is 0 Å². The minimum absolute atomic E-state index is 0.277. The Morgan fingerprint density at radius 2 is 2.05 bits per heavy atom. The predicted molar refractivity (Wildman–Crippen MR) is 170 cm³/mol. The lowest BCUT2D eigenvalue weighted by atomic mass is 10.00. The molecule has 9 nitrogen and oxygen atoms in total. The first-order valence-corrected chi connectivity index (χ1v) is 14.3. The van der Waals surface area contributed by atoms with Crippen molar-refractivity contribution in [3.8, 4) is 17.3 Å². The summed E-state index contributed by atoms with van der Waals surface area (Å²) in [6.45, 7) is 8.28. The van der Waals surface area contributed by atoms with Gasteiger partial charge in [0.05, 0.1) is 28.7 Å². The van der Waals surface area contributed by atoms with Crippen LogP contribution >= 0.6 is 0 Å². The van der Waals surface area contributed by atoms with Crippen LogP contribution in [0.5, 0.6) is 0 Å². The molecule has 0 bridgehead atoms. The Labute approximate surface area is 247 Å². The normalized spacial score (nSPS) is 12.3. The molecule has 5 rings (SSSR count). The number of nitrogens with zero attached hydrogens (tertiary/aromatic N) is 6. The number of carbonyl (C=O) groups excluding carboxylic acids is 1. The van der Waals surface area contributed by atoms with Gasteiger partial charge in [0.15, 0.2) is 0 Å². The first kappa shape index (κ1) is 28.8. The number of rotatable bonds is 11. The Kier molecular flexibility index (Phi) is 8.55. The third-order valence-corrected chi connectivity index (χ3v) is 7.78. The molecule has 0 fully saturated rings. The van der Waals surface area contributed by atoms with Gasteiger partial charge in [-0.05, 0) is 75.2 Å². The topological polar surface area (TPSA) is 102 Å². The van der Waals surface area contributed by atoms with Gasteiger partial charge in [0, 0.05) is 62.1 Å². The summed E-state index contributed by atoms with van der Waals surface area (Å²) >= 11 is 0. The minimum Gasteiger partial charge on any atom is -0.372 e. The number of hydrogen-bond donors (Lipinski definition) is 2. The van der Waals surface area contributed by atoms with Gasteiger partial charge in [-0.2, -0.15) is 5.26 Å². The van der Waals surface area contributed by atoms with E-state index in [0.29, 0.717) is 24.5 Å². The number of likely N-dealkylation sites (N-methyl/N-ethyl adjacent to an activating group) is 2. The number of nitrogens with one attached hydrogen (secondary N) is 2. The van der Waals surface area contributed by atoms with Crippen molar-refractivity contribution in [2.75, 3.05) is 49.8 Å². The summed E-state index contributed by atoms with van der Waals surface area (Å²) in [5.74, 6) is 0.177. The molecule has 2 N–H and O–H groups in total. The van der Waals surface area contributed by atoms with Crippen molar-refractivity contribution in [1.29, 1.82) is 5.26 Å². The van der Waals surface area contributed by atoms with Crippen LogP contribution in [0.4, 0.5) is 23.0 Å². The van der Waals surface area contributed by atoms with Gasteiger partial charge in [-0.1, -0.05) is 24.8 Å². The van der Waals surface area contributed by atoms with Crippen molar-refractivity contribution < 1.29 is 4.79 Å². The molecule has 9 heteroatoms. The molecule has 1 aliphatic rings. The van der Waals surface area contributed by atoms with Crippen LogP contribution in [0.25, 0.3) is 22.2 Å². The van der Waals surface area contributed by atoms with Crippen LogP contribution in [-0.2, 0) is 24.2 Å². The standard InChI is InChI=1S/C33H38N8O/c1-6-30(42)36-28-19-27(22(2)18-29(28)40(5)17-16-39(3)4)37-33-35-20-24(11-8-14-34)31(38-33)26-21-41-15-9-12-23-10-7-13-25(26)32(23)41/h6-7,10,13,18-21H,1,8-9,11-12,15-17H2,2-5H3,(H,36,42)(H,35,37,38). The zero-order valence-electron chi connectivity index (χ0n) is 24.9. The molecule has 0 atom stereocenters. The summed E-state index contributed by atoms with van der Waals surface area (Å²) in [5.41, 5.74) is 8.83. The lowest BCUT2D eigenvalue weighted by Gasteiger charge is -2.25. The number of aryl methyl sites for hydroxylation is 4. The number of anilines is 4. The monoisotopic (exact) mass is 562 g/mol. The van der Waals surface area contributed by atoms with Crippen LogP contribution in [0, 0.1) is 18.3 Å². The Morgan fingerprint density at radius 1 is 1.21 bits per heavy atom. The maximum atomic E-state index is 12.3. The smallest absolute Gasteiger partial charge is 0.247 e. The second-order valence-electron chi connectivity index (χ2n) is 11.1. The van der Waals surface area contributed by atoms with E-state index in [1.807, 2.05) is 40.3 Å². The minimum atomic E-state index is -0.277. The summed E-state index contributed by atoms with van der Waals surface area (Å²) in [6.07, 6.45) is 8.44. The van der Waals surface area contributed by atoms with Gasteiger partial charge in [-0.25, -0.2) is 9.97 Å². The van der Waals surface area contributed by atoms with Gasteiger partial charge in [0.2, 0.25) is 11.9 Å². The van der Waals surface area contributed by atoms with Crippen molar-refractivity contribution in [2.24, 2.45) is 0 Å². The molecule has 1 amide bonds. The highest BCUT2D eigenvalue weighted by molar-refractivity contribution is 6.02. The highest BCUT2D eigenvalue weighted by Gasteiger charge is 2.21. The Morgan fingerprint density at radius 3 is 2.81 bits per heavy atom. The molecular formula is C33H38N8O. The van der Waals surface area contributed by atoms with Gasteiger partial charge in [-0.3, -0.25) is 4.79 Å². The van der Waals surface area contributed by atoms with Crippen LogP contribution in [0.2, 0.25) is 0 Å². The van der Waals surface area contributed by atoms with Crippen molar-refractivity contribution in [1.82, 2.24) is 19.4 Å². The first-order chi connectivity index (χ1) is 20.3. The average Bonchev–Trinajstić information content (AvgIpc) is 3.36. The predicted octanol–water partition coefficient (Wildman–Crippen LogP) is 5.68. The van der Waals surface area contributed by atoms with Crippen LogP contribution < -0.4 is 15.5 Å². The maximum absolute atomic E-state index is 12.3. The van der Waals surface area contributed by atoms with Crippen LogP contribution in [0.3, 0.4) is 0 Å². The molecule has 4 aromatic rings. The highest BCUT2D eigenvalue weighted by Crippen LogP contribution is 2.37. The summed E-state index contributed by atoms with van der Waals surface area (Å²) in [4.78, 5) is 26.3. The molecule has 216 valence electrons. The van der Waals surface area contributed by atoms with Crippen LogP contribution in [0.15, 0.2) is 55.4 Å². The zero-order valence-corrected chi connectivity index (χ0v) is 24.9. The summed E-state index contributed by atoms with van der Waals surface area (Å²) in [5, 5.41) is 16.9. The molecule has 3 heterocycles. The van der Waals surface area contributed by atoms with Gasteiger partial charge in [0.25, 0.3) is 0 Å². The summed E-state index contributed by atoms with van der Waals surface area (Å²) < 4.78 is 2.33. The number of hydrogen-bond acceptors (Lipinski definition) is 7. The SMILES string of the molecule is C=CC(=O)Nc1cc(Nc2ncc(CCC#N)c(-c3cn4c5c(cccc35)CCC4)n2)c(C)cc1N(C)CCN(C)C.